The van der Waals surface area contributed by atoms with Crippen molar-refractivity contribution >= 4 is 0 Å². The Morgan fingerprint density at radius 2 is 1.06 bits per heavy atom. The van der Waals surface area contributed by atoms with E-state index in [-0.39, 0.29) is 6.10 Å². The molecule has 2 rings (SSSR count). The van der Waals surface area contributed by atoms with Crippen molar-refractivity contribution in [2.75, 3.05) is 13.1 Å². The summed E-state index contributed by atoms with van der Waals surface area (Å²) in [7, 11) is 0. The van der Waals surface area contributed by atoms with E-state index in [4.69, 9.17) is 4.74 Å². The van der Waals surface area contributed by atoms with Gasteiger partial charge in [-0.05, 0) is 101 Å². The maximum absolute atomic E-state index is 11.8. The van der Waals surface area contributed by atoms with Gasteiger partial charge >= 0.3 is 0 Å². The Balaban J connectivity index is 1.62. The molecule has 2 heterocycles. The van der Waals surface area contributed by atoms with Gasteiger partial charge in [0.25, 0.3) is 0 Å². The highest BCUT2D eigenvalue weighted by Crippen LogP contribution is 2.29. The van der Waals surface area contributed by atoms with Gasteiger partial charge in [0, 0.05) is 44.9 Å². The fourth-order valence-electron chi connectivity index (χ4n) is 7.12. The first-order valence-electron chi connectivity index (χ1n) is 21.8. The Labute approximate surface area is 316 Å². The third-order valence-electron chi connectivity index (χ3n) is 10.3. The summed E-state index contributed by atoms with van der Waals surface area (Å²) in [4.78, 5) is 6.62. The molecule has 4 heteroatoms. The molecular weight excluding hydrogens is 625 g/mol. The smallest absolute Gasteiger partial charge is 0.165 e. The quantitative estimate of drug-likeness (QED) is 0.0441. The molecule has 0 aromatic carbocycles. The summed E-state index contributed by atoms with van der Waals surface area (Å²) >= 11 is 0. The van der Waals surface area contributed by atoms with E-state index in [0.717, 1.165) is 64.6 Å². The molecule has 0 amide bonds. The van der Waals surface area contributed by atoms with E-state index in [1.807, 2.05) is 12.4 Å². The van der Waals surface area contributed by atoms with Crippen molar-refractivity contribution in [1.82, 2.24) is 9.88 Å². The second kappa shape index (κ2) is 32.6. The van der Waals surface area contributed by atoms with Crippen LogP contribution in [0.5, 0.6) is 0 Å². The number of hydrogen-bond donors (Lipinski definition) is 1. The average Bonchev–Trinajstić information content (AvgIpc) is 3.57. The summed E-state index contributed by atoms with van der Waals surface area (Å²) in [6.45, 7) is 7.38. The lowest BCUT2D eigenvalue weighted by Gasteiger charge is -2.32. The van der Waals surface area contributed by atoms with Crippen molar-refractivity contribution in [2.45, 2.75) is 206 Å². The van der Waals surface area contributed by atoms with Crippen LogP contribution in [0, 0.1) is 0 Å². The molecule has 1 aliphatic heterocycles. The molecule has 1 fully saturated rings. The molecule has 4 nitrogen and oxygen atoms in total. The topological polar surface area (TPSA) is 45.6 Å². The fraction of sp³-hybridized carbons (Fsp3) is 0.723. The van der Waals surface area contributed by atoms with Gasteiger partial charge in [-0.2, -0.15) is 0 Å². The van der Waals surface area contributed by atoms with Crippen molar-refractivity contribution < 1.29 is 9.84 Å². The van der Waals surface area contributed by atoms with E-state index in [1.54, 1.807) is 0 Å². The normalized spacial score (nSPS) is 15.9. The summed E-state index contributed by atoms with van der Waals surface area (Å²) in [5.74, 6) is -0.984. The lowest BCUT2D eigenvalue weighted by molar-refractivity contribution is -0.236. The van der Waals surface area contributed by atoms with Gasteiger partial charge in [-0.3, -0.25) is 9.88 Å². The average molecular weight is 705 g/mol. The molecule has 1 aromatic heterocycles. The van der Waals surface area contributed by atoms with Gasteiger partial charge in [0.2, 0.25) is 0 Å². The number of likely N-dealkylation sites (tertiary alicyclic amines) is 1. The van der Waals surface area contributed by atoms with Crippen molar-refractivity contribution in [2.24, 2.45) is 0 Å². The number of nitrogens with zero attached hydrogens (tertiary/aromatic N) is 2. The maximum Gasteiger partial charge on any atom is 0.165 e. The van der Waals surface area contributed by atoms with Crippen LogP contribution in [0.4, 0.5) is 0 Å². The molecule has 0 aliphatic carbocycles. The molecule has 1 N–H and O–H groups in total. The van der Waals surface area contributed by atoms with Crippen LogP contribution in [0.1, 0.15) is 193 Å². The number of ether oxygens (including phenoxy) is 1. The Bertz CT molecular complexity index is 968. The van der Waals surface area contributed by atoms with Gasteiger partial charge in [-0.1, -0.05) is 140 Å². The lowest BCUT2D eigenvalue weighted by Crippen LogP contribution is -2.38. The van der Waals surface area contributed by atoms with Crippen LogP contribution >= 0.6 is 0 Å². The predicted octanol–water partition coefficient (Wildman–Crippen LogP) is 13.8. The summed E-state index contributed by atoms with van der Waals surface area (Å²) in [6, 6.07) is 4.20. The first kappa shape index (κ1) is 45.1. The Morgan fingerprint density at radius 1 is 0.627 bits per heavy atom. The molecule has 1 saturated heterocycles. The summed E-state index contributed by atoms with van der Waals surface area (Å²) in [5, 5.41) is 11.8. The summed E-state index contributed by atoms with van der Waals surface area (Å²) in [5.41, 5.74) is 1.29. The standard InChI is InChI=1S/C47H80N2O2/c1-3-5-7-9-11-13-15-17-19-21-23-25-27-29-31-33-38-47(50,51-46-37-42-49(44-46)43-45-35-40-48-41-36-45)39-34-32-30-28-26-24-22-20-18-16-14-12-10-8-6-4-2/h11-14,17-20,35-36,40-41,46,50H,3-10,15-16,21-34,37-39,42-44H2,1-2H3/b13-11-,14-12-,19-17-,20-18-. The maximum atomic E-state index is 11.8. The molecule has 0 saturated carbocycles. The molecule has 1 unspecified atom stereocenters. The molecule has 0 radical (unpaired) electrons. The van der Waals surface area contributed by atoms with Gasteiger partial charge in [0.05, 0.1) is 6.10 Å². The van der Waals surface area contributed by atoms with Crippen LogP contribution in [-0.4, -0.2) is 40.0 Å². The highest BCUT2D eigenvalue weighted by Gasteiger charge is 2.33. The molecule has 290 valence electrons. The first-order chi connectivity index (χ1) is 25.1. The highest BCUT2D eigenvalue weighted by atomic mass is 16.6. The van der Waals surface area contributed by atoms with Crippen LogP contribution in [0.3, 0.4) is 0 Å². The predicted molar refractivity (Wildman–Crippen MR) is 222 cm³/mol. The SMILES string of the molecule is CCCCC/C=C\C/C=C\CCCCCCCCC(O)(CCCCCCCC/C=C\C/C=C\CCCCC)OC1CCN(Cc2ccncc2)C1. The zero-order chi connectivity index (χ0) is 36.3. The molecule has 0 spiro atoms. The van der Waals surface area contributed by atoms with Crippen LogP contribution in [0.25, 0.3) is 0 Å². The molecule has 0 bridgehead atoms. The zero-order valence-corrected chi connectivity index (χ0v) is 33.5. The van der Waals surface area contributed by atoms with E-state index in [0.29, 0.717) is 0 Å². The minimum absolute atomic E-state index is 0.117. The van der Waals surface area contributed by atoms with Gasteiger partial charge in [0.1, 0.15) is 0 Å². The Hall–Kier alpha value is -2.01. The molecular formula is C47H80N2O2. The van der Waals surface area contributed by atoms with Gasteiger partial charge < -0.3 is 9.84 Å². The van der Waals surface area contributed by atoms with Gasteiger partial charge in [0.15, 0.2) is 5.79 Å². The van der Waals surface area contributed by atoms with Crippen molar-refractivity contribution in [3.05, 3.63) is 78.7 Å². The van der Waals surface area contributed by atoms with Crippen LogP contribution in [0.15, 0.2) is 73.1 Å². The third kappa shape index (κ3) is 26.4. The monoisotopic (exact) mass is 705 g/mol. The Morgan fingerprint density at radius 3 is 1.53 bits per heavy atom. The minimum atomic E-state index is -0.984. The molecule has 1 aliphatic rings. The van der Waals surface area contributed by atoms with E-state index in [9.17, 15) is 5.11 Å². The van der Waals surface area contributed by atoms with E-state index < -0.39 is 5.79 Å². The van der Waals surface area contributed by atoms with Crippen molar-refractivity contribution in [1.29, 1.82) is 0 Å². The van der Waals surface area contributed by atoms with Crippen LogP contribution in [-0.2, 0) is 11.3 Å². The van der Waals surface area contributed by atoms with Crippen LogP contribution in [0.2, 0.25) is 0 Å². The second-order valence-corrected chi connectivity index (χ2v) is 15.2. The number of unbranched alkanes of at least 4 members (excludes halogenated alkanes) is 18. The summed E-state index contributed by atoms with van der Waals surface area (Å²) in [6.07, 6.45) is 54.8. The number of rotatable bonds is 34. The number of pyridine rings is 1. The van der Waals surface area contributed by atoms with Gasteiger partial charge in [-0.15, -0.1) is 0 Å². The second-order valence-electron chi connectivity index (χ2n) is 15.2. The van der Waals surface area contributed by atoms with Crippen molar-refractivity contribution in [3.8, 4) is 0 Å². The molecule has 1 aromatic rings. The fourth-order valence-corrected chi connectivity index (χ4v) is 7.12. The van der Waals surface area contributed by atoms with Crippen LogP contribution < -0.4 is 0 Å². The van der Waals surface area contributed by atoms with E-state index in [2.05, 4.69) is 84.5 Å². The van der Waals surface area contributed by atoms with Gasteiger partial charge in [-0.25, -0.2) is 0 Å². The number of hydrogen-bond acceptors (Lipinski definition) is 4. The third-order valence-corrected chi connectivity index (χ3v) is 10.3. The minimum Gasteiger partial charge on any atom is -0.365 e. The lowest BCUT2D eigenvalue weighted by atomic mass is 9.98. The Kier molecular flexibility index (Phi) is 28.9. The number of allylic oxidation sites excluding steroid dienone is 8. The largest absolute Gasteiger partial charge is 0.365 e. The number of aromatic nitrogens is 1. The molecule has 51 heavy (non-hydrogen) atoms. The van der Waals surface area contributed by atoms with Crippen molar-refractivity contribution in [3.63, 3.8) is 0 Å². The summed E-state index contributed by atoms with van der Waals surface area (Å²) < 4.78 is 6.59. The first-order valence-corrected chi connectivity index (χ1v) is 21.8. The zero-order valence-electron chi connectivity index (χ0n) is 33.5. The molecule has 1 atom stereocenters. The van der Waals surface area contributed by atoms with E-state index >= 15 is 0 Å². The highest BCUT2D eigenvalue weighted by molar-refractivity contribution is 5.09. The number of aliphatic hydroxyl groups is 1. The van der Waals surface area contributed by atoms with E-state index in [1.165, 1.54) is 134 Å².